The van der Waals surface area contributed by atoms with Gasteiger partial charge in [0.25, 0.3) is 0 Å². The maximum absolute atomic E-state index is 12.6. The average molecular weight is 394 g/mol. The van der Waals surface area contributed by atoms with Crippen molar-refractivity contribution in [3.05, 3.63) is 59.2 Å². The quantitative estimate of drug-likeness (QED) is 0.819. The molecule has 0 spiro atoms. The van der Waals surface area contributed by atoms with Crippen LogP contribution < -0.4 is 10.2 Å². The third kappa shape index (κ3) is 4.91. The lowest BCUT2D eigenvalue weighted by atomic mass is 9.89. The first kappa shape index (κ1) is 19.8. The van der Waals surface area contributed by atoms with Gasteiger partial charge in [-0.2, -0.15) is 0 Å². The van der Waals surface area contributed by atoms with E-state index in [-0.39, 0.29) is 17.7 Å². The first-order chi connectivity index (χ1) is 14.1. The molecule has 0 bridgehead atoms. The second-order valence-corrected chi connectivity index (χ2v) is 8.30. The van der Waals surface area contributed by atoms with Crippen LogP contribution in [0.25, 0.3) is 0 Å². The highest BCUT2D eigenvalue weighted by Gasteiger charge is 2.20. The van der Waals surface area contributed by atoms with Crippen LogP contribution in [0.3, 0.4) is 0 Å². The Balaban J connectivity index is 1.26. The van der Waals surface area contributed by atoms with E-state index in [9.17, 15) is 9.90 Å². The number of hydrogen-bond acceptors (Lipinski definition) is 4. The lowest BCUT2D eigenvalue weighted by Crippen LogP contribution is -2.49. The molecule has 1 saturated heterocycles. The predicted molar refractivity (Wildman–Crippen MR) is 116 cm³/mol. The van der Waals surface area contributed by atoms with Crippen molar-refractivity contribution in [3.63, 3.8) is 0 Å². The molecule has 1 aliphatic carbocycles. The second-order valence-electron chi connectivity index (χ2n) is 8.30. The number of aryl methyl sites for hydroxylation is 2. The van der Waals surface area contributed by atoms with E-state index >= 15 is 0 Å². The molecule has 2 N–H and O–H groups in total. The smallest absolute Gasteiger partial charge is 0.234 e. The molecule has 1 atom stereocenters. The number of hydrogen-bond donors (Lipinski definition) is 2. The maximum Gasteiger partial charge on any atom is 0.234 e. The van der Waals surface area contributed by atoms with Crippen molar-refractivity contribution in [3.8, 4) is 5.75 Å². The van der Waals surface area contributed by atoms with Crippen LogP contribution in [0.15, 0.2) is 42.5 Å². The van der Waals surface area contributed by atoms with Gasteiger partial charge in [-0.15, -0.1) is 0 Å². The van der Waals surface area contributed by atoms with Gasteiger partial charge >= 0.3 is 0 Å². The molecule has 5 heteroatoms. The van der Waals surface area contributed by atoms with Crippen LogP contribution in [0.5, 0.6) is 5.75 Å². The van der Waals surface area contributed by atoms with E-state index in [1.54, 1.807) is 12.1 Å². The molecular formula is C24H31N3O2. The molecule has 2 aliphatic rings. The Labute approximate surface area is 173 Å². The number of nitrogens with one attached hydrogen (secondary N) is 1. The number of carbonyl (C=O) groups is 1. The maximum atomic E-state index is 12.6. The zero-order chi connectivity index (χ0) is 20.2. The topological polar surface area (TPSA) is 55.8 Å². The average Bonchev–Trinajstić information content (AvgIpc) is 2.74. The molecular weight excluding hydrogens is 362 g/mol. The first-order valence-corrected chi connectivity index (χ1v) is 10.8. The highest BCUT2D eigenvalue weighted by atomic mass is 16.3. The minimum atomic E-state index is 0.0352. The Morgan fingerprint density at radius 1 is 1.00 bits per heavy atom. The van der Waals surface area contributed by atoms with Gasteiger partial charge in [-0.05, 0) is 73.6 Å². The molecule has 0 radical (unpaired) electrons. The minimum Gasteiger partial charge on any atom is -0.508 e. The fourth-order valence-electron chi connectivity index (χ4n) is 4.42. The Morgan fingerprint density at radius 2 is 1.69 bits per heavy atom. The molecule has 1 heterocycles. The number of phenolic OH excluding ortho intramolecular Hbond substituents is 1. The van der Waals surface area contributed by atoms with Gasteiger partial charge in [0.15, 0.2) is 0 Å². The number of benzene rings is 2. The van der Waals surface area contributed by atoms with Crippen molar-refractivity contribution in [2.45, 2.75) is 38.6 Å². The fourth-order valence-corrected chi connectivity index (χ4v) is 4.42. The van der Waals surface area contributed by atoms with Gasteiger partial charge in [0, 0.05) is 31.9 Å². The van der Waals surface area contributed by atoms with Gasteiger partial charge in [-0.3, -0.25) is 9.69 Å². The SMILES string of the molecule is C[C@@H](NC(=O)CN1CCN(c2ccc(O)cc2)CC1)c1ccc2c(c1)CCCC2. The molecule has 2 aromatic rings. The highest BCUT2D eigenvalue weighted by molar-refractivity contribution is 5.78. The van der Waals surface area contributed by atoms with Crippen molar-refractivity contribution < 1.29 is 9.90 Å². The molecule has 1 aliphatic heterocycles. The third-order valence-electron chi connectivity index (χ3n) is 6.20. The molecule has 1 amide bonds. The lowest BCUT2D eigenvalue weighted by Gasteiger charge is -2.35. The predicted octanol–water partition coefficient (Wildman–Crippen LogP) is 3.27. The number of carbonyl (C=O) groups excluding carboxylic acids is 1. The Bertz CT molecular complexity index is 842. The molecule has 0 saturated carbocycles. The summed E-state index contributed by atoms with van der Waals surface area (Å²) in [5, 5.41) is 12.6. The summed E-state index contributed by atoms with van der Waals surface area (Å²) < 4.78 is 0. The van der Waals surface area contributed by atoms with Crippen molar-refractivity contribution in [1.82, 2.24) is 10.2 Å². The Morgan fingerprint density at radius 3 is 2.41 bits per heavy atom. The van der Waals surface area contributed by atoms with E-state index in [1.165, 1.54) is 36.0 Å². The number of fused-ring (bicyclic) bond motifs is 1. The van der Waals surface area contributed by atoms with Gasteiger partial charge < -0.3 is 15.3 Å². The van der Waals surface area contributed by atoms with E-state index in [2.05, 4.69) is 40.2 Å². The van der Waals surface area contributed by atoms with E-state index in [0.717, 1.165) is 38.3 Å². The van der Waals surface area contributed by atoms with Crippen LogP contribution in [-0.2, 0) is 17.6 Å². The molecule has 5 nitrogen and oxygen atoms in total. The summed E-state index contributed by atoms with van der Waals surface area (Å²) in [6.45, 7) is 6.02. The summed E-state index contributed by atoms with van der Waals surface area (Å²) in [4.78, 5) is 17.1. The van der Waals surface area contributed by atoms with Gasteiger partial charge in [0.1, 0.15) is 5.75 Å². The van der Waals surface area contributed by atoms with Crippen LogP contribution in [0.2, 0.25) is 0 Å². The molecule has 29 heavy (non-hydrogen) atoms. The summed E-state index contributed by atoms with van der Waals surface area (Å²) in [6.07, 6.45) is 4.91. The first-order valence-electron chi connectivity index (χ1n) is 10.8. The third-order valence-corrected chi connectivity index (χ3v) is 6.20. The number of nitrogens with zero attached hydrogens (tertiary/aromatic N) is 2. The normalized spacial score (nSPS) is 18.2. The van der Waals surface area contributed by atoms with Crippen molar-refractivity contribution in [2.24, 2.45) is 0 Å². The summed E-state index contributed by atoms with van der Waals surface area (Å²) in [7, 11) is 0. The monoisotopic (exact) mass is 393 g/mol. The van der Waals surface area contributed by atoms with E-state index < -0.39 is 0 Å². The number of phenols is 1. The molecule has 2 aromatic carbocycles. The van der Waals surface area contributed by atoms with Crippen molar-refractivity contribution in [1.29, 1.82) is 0 Å². The van der Waals surface area contributed by atoms with Crippen molar-refractivity contribution in [2.75, 3.05) is 37.6 Å². The number of amides is 1. The Kier molecular flexibility index (Phi) is 6.05. The van der Waals surface area contributed by atoms with Gasteiger partial charge in [-0.1, -0.05) is 18.2 Å². The van der Waals surface area contributed by atoms with Crippen LogP contribution in [0, 0.1) is 0 Å². The fraction of sp³-hybridized carbons (Fsp3) is 0.458. The van der Waals surface area contributed by atoms with Crippen LogP contribution in [0.4, 0.5) is 5.69 Å². The van der Waals surface area contributed by atoms with E-state index in [4.69, 9.17) is 0 Å². The van der Waals surface area contributed by atoms with Crippen molar-refractivity contribution >= 4 is 11.6 Å². The number of aromatic hydroxyl groups is 1. The highest BCUT2D eigenvalue weighted by Crippen LogP contribution is 2.25. The lowest BCUT2D eigenvalue weighted by molar-refractivity contribution is -0.123. The second kappa shape index (κ2) is 8.87. The molecule has 1 fully saturated rings. The summed E-state index contributed by atoms with van der Waals surface area (Å²) in [5.41, 5.74) is 5.26. The molecule has 4 rings (SSSR count). The molecule has 154 valence electrons. The van der Waals surface area contributed by atoms with Gasteiger partial charge in [0.2, 0.25) is 5.91 Å². The summed E-state index contributed by atoms with van der Waals surface area (Å²) in [5.74, 6) is 0.380. The van der Waals surface area contributed by atoms with Crippen LogP contribution >= 0.6 is 0 Å². The van der Waals surface area contributed by atoms with Gasteiger partial charge in [0.05, 0.1) is 12.6 Å². The number of rotatable bonds is 5. The Hall–Kier alpha value is -2.53. The zero-order valence-corrected chi connectivity index (χ0v) is 17.2. The molecule has 0 unspecified atom stereocenters. The van der Waals surface area contributed by atoms with Crippen LogP contribution in [-0.4, -0.2) is 48.6 Å². The number of anilines is 1. The zero-order valence-electron chi connectivity index (χ0n) is 17.2. The summed E-state index contributed by atoms with van der Waals surface area (Å²) in [6, 6.07) is 14.1. The van der Waals surface area contributed by atoms with Crippen LogP contribution in [0.1, 0.15) is 42.5 Å². The van der Waals surface area contributed by atoms with E-state index in [1.807, 2.05) is 12.1 Å². The van der Waals surface area contributed by atoms with E-state index in [0.29, 0.717) is 6.54 Å². The largest absolute Gasteiger partial charge is 0.508 e. The molecule has 0 aromatic heterocycles. The standard InChI is InChI=1S/C24H31N3O2/c1-18(20-7-6-19-4-2-3-5-21(19)16-20)25-24(29)17-26-12-14-27(15-13-26)22-8-10-23(28)11-9-22/h6-11,16,18,28H,2-5,12-15,17H2,1H3,(H,25,29)/t18-/m1/s1. The van der Waals surface area contributed by atoms with Gasteiger partial charge in [-0.25, -0.2) is 0 Å². The number of piperazine rings is 1. The minimum absolute atomic E-state index is 0.0352. The summed E-state index contributed by atoms with van der Waals surface area (Å²) >= 11 is 0.